The highest BCUT2D eigenvalue weighted by molar-refractivity contribution is 6.65. The van der Waals surface area contributed by atoms with E-state index in [0.29, 0.717) is 21.7 Å². The highest BCUT2D eigenvalue weighted by Crippen LogP contribution is 2.37. The Morgan fingerprint density at radius 2 is 1.77 bits per heavy atom. The van der Waals surface area contributed by atoms with Crippen molar-refractivity contribution in [3.63, 3.8) is 0 Å². The number of hydrogen-bond acceptors (Lipinski definition) is 4. The summed E-state index contributed by atoms with van der Waals surface area (Å²) in [6.45, 7) is 9.80. The van der Waals surface area contributed by atoms with Gasteiger partial charge in [0.2, 0.25) is 0 Å². The number of pyridine rings is 1. The minimum atomic E-state index is -0.592. The van der Waals surface area contributed by atoms with E-state index in [-0.39, 0.29) is 5.91 Å². The van der Waals surface area contributed by atoms with Crippen LogP contribution in [0.4, 0.5) is 5.69 Å². The Balaban J connectivity index is 1.82. The van der Waals surface area contributed by atoms with Crippen molar-refractivity contribution in [2.45, 2.75) is 45.8 Å². The Hall–Kier alpha value is -1.89. The molecule has 0 aliphatic carbocycles. The summed E-state index contributed by atoms with van der Waals surface area (Å²) in [7, 11) is -0.592. The predicted molar refractivity (Wildman–Crippen MR) is 104 cm³/mol. The number of carbonyl (C=O) groups is 1. The van der Waals surface area contributed by atoms with Crippen LogP contribution < -0.4 is 10.8 Å². The SMILES string of the molecule is Cc1ccc(C(=O)Nc2ccc(Cl)c(B3OC(C)(C)C(C)(C)O3)c2)cn1. The molecule has 3 rings (SSSR count). The number of nitrogens with zero attached hydrogens (tertiary/aromatic N) is 1. The minimum Gasteiger partial charge on any atom is -0.399 e. The van der Waals surface area contributed by atoms with Gasteiger partial charge in [-0.2, -0.15) is 0 Å². The van der Waals surface area contributed by atoms with Gasteiger partial charge in [0.05, 0.1) is 16.8 Å². The smallest absolute Gasteiger partial charge is 0.399 e. The molecule has 0 unspecified atom stereocenters. The van der Waals surface area contributed by atoms with Gasteiger partial charge in [-0.05, 0) is 65.0 Å². The van der Waals surface area contributed by atoms with Gasteiger partial charge in [0, 0.05) is 28.1 Å². The van der Waals surface area contributed by atoms with Crippen molar-refractivity contribution >= 4 is 35.8 Å². The Labute approximate surface area is 159 Å². The number of aryl methyl sites for hydroxylation is 1. The lowest BCUT2D eigenvalue weighted by molar-refractivity contribution is 0.00578. The summed E-state index contributed by atoms with van der Waals surface area (Å²) in [5.41, 5.74) is 1.72. The van der Waals surface area contributed by atoms with Gasteiger partial charge in [-0.1, -0.05) is 11.6 Å². The average Bonchev–Trinajstić information content (AvgIpc) is 2.77. The second-order valence-corrected chi connectivity index (χ2v) is 7.87. The van der Waals surface area contributed by atoms with Crippen molar-refractivity contribution in [3.05, 3.63) is 52.8 Å². The molecule has 2 heterocycles. The molecule has 0 bridgehead atoms. The van der Waals surface area contributed by atoms with E-state index in [1.807, 2.05) is 34.6 Å². The van der Waals surface area contributed by atoms with E-state index < -0.39 is 18.3 Å². The fourth-order valence-corrected chi connectivity index (χ4v) is 2.78. The van der Waals surface area contributed by atoms with Crippen LogP contribution in [0.3, 0.4) is 0 Å². The number of carbonyl (C=O) groups excluding carboxylic acids is 1. The van der Waals surface area contributed by atoms with Gasteiger partial charge < -0.3 is 14.6 Å². The molecular weight excluding hydrogens is 350 g/mol. The van der Waals surface area contributed by atoms with Gasteiger partial charge in [-0.15, -0.1) is 0 Å². The van der Waals surface area contributed by atoms with Crippen molar-refractivity contribution in [1.29, 1.82) is 0 Å². The second-order valence-electron chi connectivity index (χ2n) is 7.47. The summed E-state index contributed by atoms with van der Waals surface area (Å²) in [5, 5.41) is 3.39. The maximum absolute atomic E-state index is 12.4. The third-order valence-corrected chi connectivity index (χ3v) is 5.28. The average molecular weight is 373 g/mol. The largest absolute Gasteiger partial charge is 0.496 e. The molecule has 136 valence electrons. The molecule has 1 aliphatic heterocycles. The number of nitrogens with one attached hydrogen (secondary N) is 1. The molecule has 0 atom stereocenters. The van der Waals surface area contributed by atoms with E-state index in [1.54, 1.807) is 36.5 Å². The van der Waals surface area contributed by atoms with Crippen molar-refractivity contribution < 1.29 is 14.1 Å². The Morgan fingerprint density at radius 3 is 2.35 bits per heavy atom. The number of amides is 1. The summed E-state index contributed by atoms with van der Waals surface area (Å²) in [6.07, 6.45) is 1.55. The molecule has 2 aromatic rings. The van der Waals surface area contributed by atoms with Gasteiger partial charge in [0.15, 0.2) is 0 Å². The molecule has 1 amide bonds. The first-order valence-electron chi connectivity index (χ1n) is 8.48. The van der Waals surface area contributed by atoms with Crippen LogP contribution >= 0.6 is 11.6 Å². The molecule has 0 radical (unpaired) electrons. The van der Waals surface area contributed by atoms with Gasteiger partial charge in [0.1, 0.15) is 0 Å². The minimum absolute atomic E-state index is 0.236. The molecule has 26 heavy (non-hydrogen) atoms. The second kappa shape index (κ2) is 6.69. The molecule has 1 aromatic heterocycles. The van der Waals surface area contributed by atoms with Crippen LogP contribution in [-0.4, -0.2) is 29.2 Å². The number of anilines is 1. The fourth-order valence-electron chi connectivity index (χ4n) is 2.58. The van der Waals surface area contributed by atoms with Crippen molar-refractivity contribution in [2.75, 3.05) is 5.32 Å². The van der Waals surface area contributed by atoms with E-state index in [1.165, 1.54) is 0 Å². The van der Waals surface area contributed by atoms with Gasteiger partial charge >= 0.3 is 7.12 Å². The summed E-state index contributed by atoms with van der Waals surface area (Å²) in [5.74, 6) is -0.236. The lowest BCUT2D eigenvalue weighted by Crippen LogP contribution is -2.41. The number of rotatable bonds is 3. The standard InChI is InChI=1S/C19H22BClN2O3/c1-12-6-7-13(11-22-12)17(24)23-14-8-9-16(21)15(10-14)20-25-18(2,3)19(4,5)26-20/h6-11H,1-5H3,(H,23,24). The zero-order valence-corrected chi connectivity index (χ0v) is 16.3. The van der Waals surface area contributed by atoms with Gasteiger partial charge in [0.25, 0.3) is 5.91 Å². The van der Waals surface area contributed by atoms with Crippen molar-refractivity contribution in [3.8, 4) is 0 Å². The molecule has 1 saturated heterocycles. The first-order valence-corrected chi connectivity index (χ1v) is 8.86. The third-order valence-electron chi connectivity index (χ3n) is 4.93. The van der Waals surface area contributed by atoms with Crippen LogP contribution in [0.2, 0.25) is 5.02 Å². The number of aromatic nitrogens is 1. The van der Waals surface area contributed by atoms with Gasteiger partial charge in [-0.3, -0.25) is 9.78 Å². The fraction of sp³-hybridized carbons (Fsp3) is 0.368. The van der Waals surface area contributed by atoms with E-state index >= 15 is 0 Å². The quantitative estimate of drug-likeness (QED) is 0.836. The zero-order valence-electron chi connectivity index (χ0n) is 15.6. The molecule has 1 fully saturated rings. The van der Waals surface area contributed by atoms with Crippen molar-refractivity contribution in [1.82, 2.24) is 4.98 Å². The Bertz CT molecular complexity index is 821. The molecule has 1 aromatic carbocycles. The van der Waals surface area contributed by atoms with Crippen LogP contribution in [0, 0.1) is 6.92 Å². The molecule has 0 spiro atoms. The number of hydrogen-bond donors (Lipinski definition) is 1. The first kappa shape index (κ1) is 18.9. The first-order chi connectivity index (χ1) is 12.1. The topological polar surface area (TPSA) is 60.5 Å². The van der Waals surface area contributed by atoms with Crippen LogP contribution in [0.5, 0.6) is 0 Å². The molecule has 0 saturated carbocycles. The number of halogens is 1. The summed E-state index contributed by atoms with van der Waals surface area (Å²) in [6, 6.07) is 8.79. The summed E-state index contributed by atoms with van der Waals surface area (Å²) in [4.78, 5) is 16.5. The molecular formula is C19H22BClN2O3. The monoisotopic (exact) mass is 372 g/mol. The third kappa shape index (κ3) is 3.63. The Kier molecular flexibility index (Phi) is 4.86. The predicted octanol–water partition coefficient (Wildman–Crippen LogP) is 3.59. The van der Waals surface area contributed by atoms with Crippen molar-refractivity contribution in [2.24, 2.45) is 0 Å². The molecule has 7 heteroatoms. The van der Waals surface area contributed by atoms with Crippen LogP contribution in [0.1, 0.15) is 43.7 Å². The highest BCUT2D eigenvalue weighted by atomic mass is 35.5. The van der Waals surface area contributed by atoms with E-state index in [9.17, 15) is 4.79 Å². The van der Waals surface area contributed by atoms with Gasteiger partial charge in [-0.25, -0.2) is 0 Å². The normalized spacial score (nSPS) is 18.0. The summed E-state index contributed by atoms with van der Waals surface area (Å²) < 4.78 is 12.1. The van der Waals surface area contributed by atoms with E-state index in [2.05, 4.69) is 10.3 Å². The number of benzene rings is 1. The Morgan fingerprint density at radius 1 is 1.12 bits per heavy atom. The maximum Gasteiger partial charge on any atom is 0.496 e. The van der Waals surface area contributed by atoms with Crippen LogP contribution in [0.15, 0.2) is 36.5 Å². The lowest BCUT2D eigenvalue weighted by Gasteiger charge is -2.32. The molecule has 5 nitrogen and oxygen atoms in total. The zero-order chi connectivity index (χ0) is 19.1. The van der Waals surface area contributed by atoms with E-state index in [0.717, 1.165) is 5.69 Å². The van der Waals surface area contributed by atoms with Crippen LogP contribution in [0.25, 0.3) is 0 Å². The highest BCUT2D eigenvalue weighted by Gasteiger charge is 2.52. The lowest BCUT2D eigenvalue weighted by atomic mass is 9.79. The molecule has 1 N–H and O–H groups in total. The summed E-state index contributed by atoms with van der Waals surface area (Å²) >= 11 is 6.35. The maximum atomic E-state index is 12.4. The van der Waals surface area contributed by atoms with E-state index in [4.69, 9.17) is 20.9 Å². The molecule has 1 aliphatic rings. The van der Waals surface area contributed by atoms with Crippen LogP contribution in [-0.2, 0) is 9.31 Å².